The number of nitrogens with zero attached hydrogens (tertiary/aromatic N) is 1. The van der Waals surface area contributed by atoms with Gasteiger partial charge in [0.25, 0.3) is 0 Å². The first-order valence-corrected chi connectivity index (χ1v) is 8.92. The van der Waals surface area contributed by atoms with E-state index in [1.54, 1.807) is 23.1 Å². The first kappa shape index (κ1) is 14.3. The number of thiazole rings is 1. The predicted molar refractivity (Wildman–Crippen MR) is 86.3 cm³/mol. The molecule has 0 bridgehead atoms. The number of fused-ring (bicyclic) bond motifs is 1. The first-order chi connectivity index (χ1) is 9.71. The molecule has 5 heteroatoms. The van der Waals surface area contributed by atoms with Gasteiger partial charge in [0.1, 0.15) is 0 Å². The molecule has 1 fully saturated rings. The summed E-state index contributed by atoms with van der Waals surface area (Å²) in [7, 11) is 0. The summed E-state index contributed by atoms with van der Waals surface area (Å²) in [5.74, 6) is 1.36. The molecule has 0 spiro atoms. The smallest absolute Gasteiger partial charge is 0.151 e. The molecule has 0 radical (unpaired) electrons. The molecule has 108 valence electrons. The van der Waals surface area contributed by atoms with Crippen molar-refractivity contribution in [1.29, 1.82) is 0 Å². The van der Waals surface area contributed by atoms with Crippen molar-refractivity contribution in [2.75, 3.05) is 12.3 Å². The fraction of sp³-hybridized carbons (Fsp3) is 0.533. The maximum atomic E-state index is 10.4. The number of rotatable bonds is 5. The van der Waals surface area contributed by atoms with E-state index >= 15 is 0 Å². The number of hydrogen-bond acceptors (Lipinski definition) is 5. The Morgan fingerprint density at radius 3 is 3.10 bits per heavy atom. The van der Waals surface area contributed by atoms with Crippen LogP contribution in [0.3, 0.4) is 0 Å². The molecule has 0 saturated heterocycles. The summed E-state index contributed by atoms with van der Waals surface area (Å²) in [5.41, 5.74) is 6.19. The number of para-hydroxylation sites is 1. The van der Waals surface area contributed by atoms with Crippen molar-refractivity contribution in [2.24, 2.45) is 11.7 Å². The van der Waals surface area contributed by atoms with Crippen LogP contribution in [0.4, 0.5) is 0 Å². The Morgan fingerprint density at radius 1 is 1.45 bits per heavy atom. The van der Waals surface area contributed by atoms with Crippen LogP contribution in [0, 0.1) is 5.92 Å². The topological polar surface area (TPSA) is 59.1 Å². The van der Waals surface area contributed by atoms with Gasteiger partial charge in [-0.15, -0.1) is 11.3 Å². The zero-order chi connectivity index (χ0) is 14.0. The minimum absolute atomic E-state index is 0.356. The summed E-state index contributed by atoms with van der Waals surface area (Å²) in [5, 5.41) is 10.4. The summed E-state index contributed by atoms with van der Waals surface area (Å²) in [6.45, 7) is 0.392. The number of thioether (sulfide) groups is 1. The lowest BCUT2D eigenvalue weighted by Crippen LogP contribution is -2.41. The molecular weight excluding hydrogens is 288 g/mol. The van der Waals surface area contributed by atoms with Gasteiger partial charge in [0.15, 0.2) is 4.34 Å². The van der Waals surface area contributed by atoms with E-state index < -0.39 is 5.60 Å². The summed E-state index contributed by atoms with van der Waals surface area (Å²) < 4.78 is 2.37. The van der Waals surface area contributed by atoms with E-state index in [9.17, 15) is 5.11 Å². The van der Waals surface area contributed by atoms with Crippen LogP contribution < -0.4 is 5.73 Å². The van der Waals surface area contributed by atoms with Gasteiger partial charge in [0, 0.05) is 12.3 Å². The molecule has 3 N–H and O–H groups in total. The summed E-state index contributed by atoms with van der Waals surface area (Å²) in [6.07, 6.45) is 4.09. The minimum atomic E-state index is -0.617. The van der Waals surface area contributed by atoms with E-state index in [-0.39, 0.29) is 0 Å². The average molecular weight is 308 g/mol. The van der Waals surface area contributed by atoms with Gasteiger partial charge in [-0.2, -0.15) is 0 Å². The fourth-order valence-corrected chi connectivity index (χ4v) is 5.20. The molecule has 1 aliphatic rings. The van der Waals surface area contributed by atoms with E-state index in [0.29, 0.717) is 12.5 Å². The number of nitrogens with two attached hydrogens (primary N) is 1. The minimum Gasteiger partial charge on any atom is -0.388 e. The molecule has 1 heterocycles. The van der Waals surface area contributed by atoms with E-state index in [1.807, 2.05) is 6.07 Å². The summed E-state index contributed by atoms with van der Waals surface area (Å²) in [4.78, 5) is 4.63. The maximum absolute atomic E-state index is 10.4. The first-order valence-electron chi connectivity index (χ1n) is 7.12. The van der Waals surface area contributed by atoms with Crippen molar-refractivity contribution in [3.63, 3.8) is 0 Å². The van der Waals surface area contributed by atoms with E-state index in [4.69, 9.17) is 5.73 Å². The van der Waals surface area contributed by atoms with Gasteiger partial charge in [0.05, 0.1) is 15.8 Å². The van der Waals surface area contributed by atoms with Crippen LogP contribution in [0.25, 0.3) is 10.2 Å². The molecule has 0 amide bonds. The number of aliphatic hydroxyl groups is 1. The van der Waals surface area contributed by atoms with E-state index in [2.05, 4.69) is 23.2 Å². The zero-order valence-electron chi connectivity index (χ0n) is 11.4. The fourth-order valence-electron chi connectivity index (χ4n) is 3.01. The monoisotopic (exact) mass is 308 g/mol. The molecule has 1 aromatic heterocycles. The predicted octanol–water partition coefficient (Wildman–Crippen LogP) is 3.27. The number of aromatic nitrogens is 1. The summed E-state index contributed by atoms with van der Waals surface area (Å²) >= 11 is 3.55. The van der Waals surface area contributed by atoms with E-state index in [0.717, 1.165) is 41.3 Å². The highest BCUT2D eigenvalue weighted by atomic mass is 32.2. The zero-order valence-corrected chi connectivity index (χ0v) is 13.1. The molecule has 2 atom stereocenters. The normalized spacial score (nSPS) is 26.4. The van der Waals surface area contributed by atoms with Crippen molar-refractivity contribution >= 4 is 33.3 Å². The highest BCUT2D eigenvalue weighted by Gasteiger charge is 2.39. The lowest BCUT2D eigenvalue weighted by atomic mass is 9.89. The quantitative estimate of drug-likeness (QED) is 0.832. The average Bonchev–Trinajstić information content (AvgIpc) is 3.03. The summed E-state index contributed by atoms with van der Waals surface area (Å²) in [6, 6.07) is 8.24. The van der Waals surface area contributed by atoms with Crippen LogP contribution in [0.15, 0.2) is 28.6 Å². The van der Waals surface area contributed by atoms with Crippen molar-refractivity contribution in [3.8, 4) is 0 Å². The molecule has 2 unspecified atom stereocenters. The van der Waals surface area contributed by atoms with Crippen molar-refractivity contribution < 1.29 is 5.11 Å². The Kier molecular flexibility index (Phi) is 4.31. The van der Waals surface area contributed by atoms with Gasteiger partial charge in [-0.3, -0.25) is 0 Å². The maximum Gasteiger partial charge on any atom is 0.151 e. The van der Waals surface area contributed by atoms with Gasteiger partial charge in [-0.25, -0.2) is 4.98 Å². The Hall–Kier alpha value is -0.620. The third-order valence-electron chi connectivity index (χ3n) is 4.24. The SMILES string of the molecule is NCC1(O)CCCC1CCSc1nc2ccccc2s1. The second-order valence-electron chi connectivity index (χ2n) is 5.48. The van der Waals surface area contributed by atoms with Crippen LogP contribution >= 0.6 is 23.1 Å². The highest BCUT2D eigenvalue weighted by Crippen LogP contribution is 2.39. The Bertz CT molecular complexity index is 553. The van der Waals surface area contributed by atoms with Crippen LogP contribution in [0.5, 0.6) is 0 Å². The molecule has 1 aromatic carbocycles. The molecule has 2 aromatic rings. The van der Waals surface area contributed by atoms with Gasteiger partial charge >= 0.3 is 0 Å². The standard InChI is InChI=1S/C15H20N2OS2/c16-10-15(18)8-3-4-11(15)7-9-19-14-17-12-5-1-2-6-13(12)20-14/h1-2,5-6,11,18H,3-4,7-10,16H2. The second-order valence-corrected chi connectivity index (χ2v) is 7.85. The van der Waals surface area contributed by atoms with Gasteiger partial charge in [-0.1, -0.05) is 30.3 Å². The lowest BCUT2D eigenvalue weighted by Gasteiger charge is -2.28. The van der Waals surface area contributed by atoms with Crippen molar-refractivity contribution in [2.45, 2.75) is 35.6 Å². The molecule has 0 aliphatic heterocycles. The molecule has 1 saturated carbocycles. The van der Waals surface area contributed by atoms with Gasteiger partial charge in [-0.05, 0) is 37.3 Å². The number of benzene rings is 1. The Morgan fingerprint density at radius 2 is 2.30 bits per heavy atom. The largest absolute Gasteiger partial charge is 0.388 e. The highest BCUT2D eigenvalue weighted by molar-refractivity contribution is 8.01. The molecule has 20 heavy (non-hydrogen) atoms. The van der Waals surface area contributed by atoms with Crippen molar-refractivity contribution in [3.05, 3.63) is 24.3 Å². The Labute approximate surface area is 127 Å². The third-order valence-corrected chi connectivity index (χ3v) is 6.45. The van der Waals surface area contributed by atoms with Crippen LogP contribution in [-0.2, 0) is 0 Å². The van der Waals surface area contributed by atoms with Crippen LogP contribution in [0.2, 0.25) is 0 Å². The van der Waals surface area contributed by atoms with Gasteiger partial charge < -0.3 is 10.8 Å². The Balaban J connectivity index is 1.57. The molecule has 3 nitrogen and oxygen atoms in total. The van der Waals surface area contributed by atoms with Crippen molar-refractivity contribution in [1.82, 2.24) is 4.98 Å². The molecule has 1 aliphatic carbocycles. The lowest BCUT2D eigenvalue weighted by molar-refractivity contribution is 0.0104. The van der Waals surface area contributed by atoms with Crippen LogP contribution in [0.1, 0.15) is 25.7 Å². The van der Waals surface area contributed by atoms with Gasteiger partial charge in [0.2, 0.25) is 0 Å². The van der Waals surface area contributed by atoms with Crippen LogP contribution in [-0.4, -0.2) is 28.0 Å². The third kappa shape index (κ3) is 2.86. The number of hydrogen-bond donors (Lipinski definition) is 2. The molecular formula is C15H20N2OS2. The van der Waals surface area contributed by atoms with E-state index in [1.165, 1.54) is 4.70 Å². The molecule has 3 rings (SSSR count). The second kappa shape index (κ2) is 6.02.